The lowest BCUT2D eigenvalue weighted by molar-refractivity contribution is -0.120. The first-order valence-electron chi connectivity index (χ1n) is 7.25. The zero-order valence-corrected chi connectivity index (χ0v) is 12.7. The van der Waals surface area contributed by atoms with Crippen molar-refractivity contribution in [3.63, 3.8) is 0 Å². The third-order valence-electron chi connectivity index (χ3n) is 2.98. The Morgan fingerprint density at radius 1 is 1.26 bits per heavy atom. The van der Waals surface area contributed by atoms with Crippen molar-refractivity contribution >= 4 is 11.8 Å². The van der Waals surface area contributed by atoms with E-state index in [-0.39, 0.29) is 30.2 Å². The van der Waals surface area contributed by atoms with E-state index in [4.69, 9.17) is 4.42 Å². The minimum atomic E-state index is -0.511. The van der Waals surface area contributed by atoms with Gasteiger partial charge >= 0.3 is 0 Å². The topological polar surface area (TPSA) is 106 Å². The van der Waals surface area contributed by atoms with Crippen LogP contribution in [0.25, 0.3) is 0 Å². The third-order valence-corrected chi connectivity index (χ3v) is 2.98. The summed E-state index contributed by atoms with van der Waals surface area (Å²) in [4.78, 5) is 35.2. The molecule has 122 valence electrons. The summed E-state index contributed by atoms with van der Waals surface area (Å²) in [5, 5.41) is 9.04. The van der Waals surface area contributed by atoms with E-state index < -0.39 is 5.91 Å². The fourth-order valence-corrected chi connectivity index (χ4v) is 1.85. The lowest BCUT2D eigenvalue weighted by Crippen LogP contribution is -2.37. The fraction of sp³-hybridized carbons (Fsp3) is 0.333. The number of nitrogens with one attached hydrogen (secondary N) is 2. The highest BCUT2D eigenvalue weighted by atomic mass is 16.3. The number of furan rings is 1. The van der Waals surface area contributed by atoms with Crippen LogP contribution in [0.3, 0.4) is 0 Å². The highest BCUT2D eigenvalue weighted by Gasteiger charge is 2.11. The third kappa shape index (κ3) is 4.80. The quantitative estimate of drug-likeness (QED) is 0.763. The summed E-state index contributed by atoms with van der Waals surface area (Å²) in [6.07, 6.45) is 2.24. The highest BCUT2D eigenvalue weighted by Crippen LogP contribution is 1.98. The zero-order valence-electron chi connectivity index (χ0n) is 12.7. The average molecular weight is 318 g/mol. The normalized spacial score (nSPS) is 10.3. The van der Waals surface area contributed by atoms with Crippen LogP contribution in [0.1, 0.15) is 29.6 Å². The van der Waals surface area contributed by atoms with E-state index in [1.807, 2.05) is 6.92 Å². The molecule has 0 fully saturated rings. The Bertz CT molecular complexity index is 721. The second-order valence-electron chi connectivity index (χ2n) is 4.82. The Balaban J connectivity index is 1.85. The Labute approximate surface area is 132 Å². The molecule has 0 aliphatic heterocycles. The molecule has 2 aromatic rings. The Morgan fingerprint density at radius 2 is 2.09 bits per heavy atom. The van der Waals surface area contributed by atoms with Crippen LogP contribution in [0, 0.1) is 0 Å². The van der Waals surface area contributed by atoms with Gasteiger partial charge in [-0.15, -0.1) is 0 Å². The average Bonchev–Trinajstić information content (AvgIpc) is 3.06. The first kappa shape index (κ1) is 16.5. The predicted molar refractivity (Wildman–Crippen MR) is 81.7 cm³/mol. The molecule has 2 rings (SSSR count). The summed E-state index contributed by atoms with van der Waals surface area (Å²) in [7, 11) is 0. The van der Waals surface area contributed by atoms with Gasteiger partial charge in [-0.1, -0.05) is 6.92 Å². The summed E-state index contributed by atoms with van der Waals surface area (Å²) in [5.74, 6) is -0.238. The van der Waals surface area contributed by atoms with Gasteiger partial charge in [0, 0.05) is 12.6 Å². The molecule has 0 spiro atoms. The first-order valence-corrected chi connectivity index (χ1v) is 7.25. The van der Waals surface area contributed by atoms with Crippen molar-refractivity contribution in [2.24, 2.45) is 0 Å². The Morgan fingerprint density at radius 3 is 2.78 bits per heavy atom. The van der Waals surface area contributed by atoms with Crippen molar-refractivity contribution in [2.75, 3.05) is 6.54 Å². The molecule has 2 aromatic heterocycles. The minimum absolute atomic E-state index is 0.0943. The van der Waals surface area contributed by atoms with E-state index in [1.165, 1.54) is 23.1 Å². The van der Waals surface area contributed by atoms with Crippen LogP contribution in [-0.2, 0) is 17.9 Å². The number of carbonyl (C=O) groups is 2. The SMILES string of the molecule is CCCn1nc(C(=O)NCC(=O)NCc2ccco2)ccc1=O. The standard InChI is InChI=1S/C15H18N4O4/c1-2-7-19-14(21)6-5-12(18-19)15(22)17-10-13(20)16-9-11-4-3-8-23-11/h3-6,8H,2,7,9-10H2,1H3,(H,16,20)(H,17,22). The lowest BCUT2D eigenvalue weighted by Gasteiger charge is -2.07. The van der Waals surface area contributed by atoms with Crippen LogP contribution in [-0.4, -0.2) is 28.1 Å². The molecule has 8 nitrogen and oxygen atoms in total. The Kier molecular flexibility index (Phi) is 5.67. The van der Waals surface area contributed by atoms with Gasteiger partial charge < -0.3 is 15.1 Å². The number of carbonyl (C=O) groups excluding carboxylic acids is 2. The summed E-state index contributed by atoms with van der Waals surface area (Å²) in [6, 6.07) is 6.08. The summed E-state index contributed by atoms with van der Waals surface area (Å²) >= 11 is 0. The van der Waals surface area contributed by atoms with Gasteiger partial charge in [0.05, 0.1) is 19.4 Å². The van der Waals surface area contributed by atoms with Crippen molar-refractivity contribution in [2.45, 2.75) is 26.4 Å². The molecular formula is C15H18N4O4. The zero-order chi connectivity index (χ0) is 16.7. The number of aromatic nitrogens is 2. The number of aryl methyl sites for hydroxylation is 1. The number of nitrogens with zero attached hydrogens (tertiary/aromatic N) is 2. The summed E-state index contributed by atoms with van der Waals surface area (Å²) in [6.45, 7) is 2.41. The Hall–Kier alpha value is -2.90. The van der Waals surface area contributed by atoms with E-state index in [2.05, 4.69) is 15.7 Å². The van der Waals surface area contributed by atoms with Crippen LogP contribution in [0.2, 0.25) is 0 Å². The van der Waals surface area contributed by atoms with Crippen molar-refractivity contribution < 1.29 is 14.0 Å². The summed E-state index contributed by atoms with van der Waals surface area (Å²) in [5.41, 5.74) is -0.170. The molecule has 2 heterocycles. The van der Waals surface area contributed by atoms with E-state index in [9.17, 15) is 14.4 Å². The van der Waals surface area contributed by atoms with Crippen LogP contribution < -0.4 is 16.2 Å². The minimum Gasteiger partial charge on any atom is -0.467 e. The van der Waals surface area contributed by atoms with E-state index in [0.717, 1.165) is 6.42 Å². The van der Waals surface area contributed by atoms with E-state index in [1.54, 1.807) is 12.1 Å². The molecule has 0 saturated heterocycles. The molecule has 0 bridgehead atoms. The van der Waals surface area contributed by atoms with Gasteiger partial charge in [0.2, 0.25) is 5.91 Å². The maximum atomic E-state index is 12.0. The van der Waals surface area contributed by atoms with Crippen molar-refractivity contribution in [3.8, 4) is 0 Å². The first-order chi connectivity index (χ1) is 11.1. The largest absolute Gasteiger partial charge is 0.467 e. The van der Waals surface area contributed by atoms with Gasteiger partial charge in [-0.2, -0.15) is 5.10 Å². The molecule has 8 heteroatoms. The van der Waals surface area contributed by atoms with E-state index in [0.29, 0.717) is 12.3 Å². The highest BCUT2D eigenvalue weighted by molar-refractivity contribution is 5.94. The van der Waals surface area contributed by atoms with Crippen molar-refractivity contribution in [1.29, 1.82) is 0 Å². The maximum absolute atomic E-state index is 12.0. The molecule has 0 atom stereocenters. The van der Waals surface area contributed by atoms with Crippen LogP contribution in [0.5, 0.6) is 0 Å². The van der Waals surface area contributed by atoms with Gasteiger partial charge in [0.1, 0.15) is 11.5 Å². The maximum Gasteiger partial charge on any atom is 0.272 e. The lowest BCUT2D eigenvalue weighted by atomic mass is 10.3. The number of rotatable bonds is 7. The molecule has 0 aliphatic carbocycles. The number of hydrogen-bond donors (Lipinski definition) is 2. The van der Waals surface area contributed by atoms with Gasteiger partial charge in [-0.3, -0.25) is 14.4 Å². The van der Waals surface area contributed by atoms with Gasteiger partial charge in [-0.05, 0) is 24.6 Å². The molecule has 0 aliphatic rings. The molecule has 2 amide bonds. The second-order valence-corrected chi connectivity index (χ2v) is 4.82. The van der Waals surface area contributed by atoms with Crippen LogP contribution in [0.4, 0.5) is 0 Å². The monoisotopic (exact) mass is 318 g/mol. The smallest absolute Gasteiger partial charge is 0.272 e. The second kappa shape index (κ2) is 7.92. The fourth-order valence-electron chi connectivity index (χ4n) is 1.85. The van der Waals surface area contributed by atoms with E-state index >= 15 is 0 Å². The summed E-state index contributed by atoms with van der Waals surface area (Å²) < 4.78 is 6.31. The molecule has 2 N–H and O–H groups in total. The molecule has 0 saturated carbocycles. The molecule has 0 aromatic carbocycles. The van der Waals surface area contributed by atoms with Gasteiger partial charge in [-0.25, -0.2) is 4.68 Å². The molecular weight excluding hydrogens is 300 g/mol. The molecule has 0 unspecified atom stereocenters. The van der Waals surface area contributed by atoms with Crippen LogP contribution in [0.15, 0.2) is 39.7 Å². The van der Waals surface area contributed by atoms with Gasteiger partial charge in [0.15, 0.2) is 0 Å². The number of amides is 2. The molecule has 0 radical (unpaired) electrons. The molecule has 23 heavy (non-hydrogen) atoms. The van der Waals surface area contributed by atoms with Crippen molar-refractivity contribution in [3.05, 3.63) is 52.3 Å². The predicted octanol–water partition coefficient (Wildman–Crippen LogP) is 0.292. The van der Waals surface area contributed by atoms with Crippen LogP contribution >= 0.6 is 0 Å². The number of hydrogen-bond acceptors (Lipinski definition) is 5. The van der Waals surface area contributed by atoms with Gasteiger partial charge in [0.25, 0.3) is 11.5 Å². The van der Waals surface area contributed by atoms with Crippen molar-refractivity contribution in [1.82, 2.24) is 20.4 Å².